The van der Waals surface area contributed by atoms with Crippen molar-refractivity contribution in [3.05, 3.63) is 40.6 Å². The number of ketones is 1. The van der Waals surface area contributed by atoms with E-state index in [0.29, 0.717) is 16.3 Å². The lowest BCUT2D eigenvalue weighted by Crippen LogP contribution is -2.31. The summed E-state index contributed by atoms with van der Waals surface area (Å²) in [5, 5.41) is 6.38. The predicted octanol–water partition coefficient (Wildman–Crippen LogP) is 3.46. The number of benzene rings is 1. The van der Waals surface area contributed by atoms with Crippen molar-refractivity contribution >= 4 is 29.0 Å². The molecule has 1 amide bonds. The van der Waals surface area contributed by atoms with Gasteiger partial charge in [-0.2, -0.15) is 0 Å². The molecule has 0 aromatic heterocycles. The Morgan fingerprint density at radius 2 is 2.00 bits per heavy atom. The summed E-state index contributed by atoms with van der Waals surface area (Å²) in [4.78, 5) is 27.1. The zero-order chi connectivity index (χ0) is 18.4. The van der Waals surface area contributed by atoms with Gasteiger partial charge in [0.15, 0.2) is 0 Å². The number of rotatable bonds is 8. The van der Waals surface area contributed by atoms with Crippen LogP contribution < -0.4 is 10.6 Å². The van der Waals surface area contributed by atoms with E-state index in [2.05, 4.69) is 36.3 Å². The third kappa shape index (κ3) is 5.06. The fraction of sp³-hybridized carbons (Fsp3) is 0.474. The monoisotopic (exact) mass is 363 g/mol. The highest BCUT2D eigenvalue weighted by Gasteiger charge is 2.28. The highest BCUT2D eigenvalue weighted by atomic mass is 35.5. The molecule has 2 rings (SSSR count). The van der Waals surface area contributed by atoms with Crippen LogP contribution in [-0.2, 0) is 4.79 Å². The summed E-state index contributed by atoms with van der Waals surface area (Å²) in [5.74, 6) is -0.680. The first-order chi connectivity index (χ1) is 12.0. The molecular formula is C19H26ClN3O2. The minimum absolute atomic E-state index is 0.130. The van der Waals surface area contributed by atoms with Crippen LogP contribution >= 0.6 is 11.6 Å². The number of anilines is 1. The van der Waals surface area contributed by atoms with E-state index in [1.807, 2.05) is 0 Å². The highest BCUT2D eigenvalue weighted by molar-refractivity contribution is 6.35. The molecule has 5 nitrogen and oxygen atoms in total. The zero-order valence-electron chi connectivity index (χ0n) is 15.1. The van der Waals surface area contributed by atoms with Crippen LogP contribution in [0.3, 0.4) is 0 Å². The number of nitrogens with zero attached hydrogens (tertiary/aromatic N) is 1. The lowest BCUT2D eigenvalue weighted by Gasteiger charge is -2.21. The minimum atomic E-state index is -0.400. The van der Waals surface area contributed by atoms with Crippen LogP contribution in [0.5, 0.6) is 0 Å². The molecule has 1 heterocycles. The molecule has 6 heteroatoms. The van der Waals surface area contributed by atoms with Crippen molar-refractivity contribution in [3.63, 3.8) is 0 Å². The Hall–Kier alpha value is -1.85. The minimum Gasteiger partial charge on any atom is -0.388 e. The Kier molecular flexibility index (Phi) is 7.02. The molecular weight excluding hydrogens is 338 g/mol. The summed E-state index contributed by atoms with van der Waals surface area (Å²) in [6.45, 7) is 9.55. The highest BCUT2D eigenvalue weighted by Crippen LogP contribution is 2.27. The van der Waals surface area contributed by atoms with Crippen molar-refractivity contribution in [2.45, 2.75) is 39.7 Å². The van der Waals surface area contributed by atoms with Crippen LogP contribution in [-0.4, -0.2) is 42.3 Å². The van der Waals surface area contributed by atoms with Crippen LogP contribution in [0.15, 0.2) is 30.0 Å². The molecule has 1 aliphatic heterocycles. The number of carbonyl (C=O) groups excluding carboxylic acids is 2. The maximum absolute atomic E-state index is 12.5. The second-order valence-corrected chi connectivity index (χ2v) is 6.70. The zero-order valence-corrected chi connectivity index (χ0v) is 15.8. The molecule has 0 spiro atoms. The Bertz CT molecular complexity index is 669. The Balaban J connectivity index is 1.95. The van der Waals surface area contributed by atoms with Crippen molar-refractivity contribution in [1.29, 1.82) is 0 Å². The third-order valence-corrected chi connectivity index (χ3v) is 4.72. The van der Waals surface area contributed by atoms with Crippen molar-refractivity contribution in [2.24, 2.45) is 0 Å². The third-order valence-electron chi connectivity index (χ3n) is 4.48. The molecule has 1 aromatic carbocycles. The van der Waals surface area contributed by atoms with E-state index in [-0.39, 0.29) is 17.4 Å². The number of halogens is 1. The number of carbonyl (C=O) groups is 2. The van der Waals surface area contributed by atoms with E-state index in [9.17, 15) is 9.59 Å². The van der Waals surface area contributed by atoms with Crippen molar-refractivity contribution in [1.82, 2.24) is 10.2 Å². The first-order valence-corrected chi connectivity index (χ1v) is 9.18. The van der Waals surface area contributed by atoms with Gasteiger partial charge in [-0.25, -0.2) is 0 Å². The molecule has 0 bridgehead atoms. The number of hydrogen-bond acceptors (Lipinski definition) is 4. The summed E-state index contributed by atoms with van der Waals surface area (Å²) in [7, 11) is 0. The van der Waals surface area contributed by atoms with Crippen molar-refractivity contribution in [2.75, 3.05) is 25.0 Å². The predicted molar refractivity (Wildman–Crippen MR) is 102 cm³/mol. The number of Topliss-reactive ketones (excluding diaryl/α,β-unsaturated/α-hetero) is 1. The number of amides is 1. The van der Waals surface area contributed by atoms with Gasteiger partial charge < -0.3 is 15.5 Å². The topological polar surface area (TPSA) is 61.4 Å². The molecule has 0 aliphatic carbocycles. The standard InChI is InChI=1S/C19H26ClN3O2/c1-4-23(5-2)10-6-7-13(3)21-12-16-18(24)15-9-8-14(20)11-17(15)22-19(16)25/h8-9,11-13,21H,4-7,10H2,1-3H3,(H,22,25)/b16-12+. The van der Waals surface area contributed by atoms with Crippen LogP contribution in [0.25, 0.3) is 0 Å². The van der Waals surface area contributed by atoms with E-state index in [4.69, 9.17) is 11.6 Å². The van der Waals surface area contributed by atoms with Gasteiger partial charge in [-0.15, -0.1) is 0 Å². The maximum Gasteiger partial charge on any atom is 0.261 e. The van der Waals surface area contributed by atoms with E-state index >= 15 is 0 Å². The van der Waals surface area contributed by atoms with Crippen LogP contribution in [0.4, 0.5) is 5.69 Å². The summed E-state index contributed by atoms with van der Waals surface area (Å²) in [6, 6.07) is 5.07. The molecule has 0 saturated heterocycles. The molecule has 1 aromatic rings. The quantitative estimate of drug-likeness (QED) is 0.548. The van der Waals surface area contributed by atoms with Gasteiger partial charge in [-0.1, -0.05) is 25.4 Å². The summed E-state index contributed by atoms with van der Waals surface area (Å²) in [6.07, 6.45) is 3.58. The average molecular weight is 364 g/mol. The Morgan fingerprint density at radius 3 is 2.68 bits per heavy atom. The number of nitrogens with one attached hydrogen (secondary N) is 2. The number of fused-ring (bicyclic) bond motifs is 1. The molecule has 0 fully saturated rings. The summed E-state index contributed by atoms with van der Waals surface area (Å²) < 4.78 is 0. The van der Waals surface area contributed by atoms with Crippen molar-refractivity contribution in [3.8, 4) is 0 Å². The van der Waals surface area contributed by atoms with Crippen LogP contribution in [0.2, 0.25) is 5.02 Å². The first kappa shape index (κ1) is 19.5. The van der Waals surface area contributed by atoms with Gasteiger partial charge in [0, 0.05) is 22.8 Å². The second-order valence-electron chi connectivity index (χ2n) is 6.27. The van der Waals surface area contributed by atoms with Crippen molar-refractivity contribution < 1.29 is 9.59 Å². The van der Waals surface area contributed by atoms with Gasteiger partial charge >= 0.3 is 0 Å². The van der Waals surface area contributed by atoms with Crippen LogP contribution in [0.1, 0.15) is 44.0 Å². The largest absolute Gasteiger partial charge is 0.388 e. The molecule has 0 radical (unpaired) electrons. The maximum atomic E-state index is 12.5. The van der Waals surface area contributed by atoms with Gasteiger partial charge in [-0.05, 0) is 57.6 Å². The average Bonchev–Trinajstić information content (AvgIpc) is 2.58. The van der Waals surface area contributed by atoms with Gasteiger partial charge in [-0.3, -0.25) is 9.59 Å². The van der Waals surface area contributed by atoms with E-state index < -0.39 is 5.91 Å². The van der Waals surface area contributed by atoms with Gasteiger partial charge in [0.1, 0.15) is 5.57 Å². The molecule has 1 atom stereocenters. The van der Waals surface area contributed by atoms with Gasteiger partial charge in [0.2, 0.25) is 5.78 Å². The lowest BCUT2D eigenvalue weighted by molar-refractivity contribution is -0.112. The molecule has 0 saturated carbocycles. The normalized spacial score (nSPS) is 16.8. The Morgan fingerprint density at radius 1 is 1.28 bits per heavy atom. The van der Waals surface area contributed by atoms with Gasteiger partial charge in [0.25, 0.3) is 5.91 Å². The summed E-state index contributed by atoms with van der Waals surface area (Å²) in [5.41, 5.74) is 1.06. The fourth-order valence-corrected chi connectivity index (χ4v) is 3.03. The second kappa shape index (κ2) is 9.02. The Labute approximate surface area is 154 Å². The molecule has 1 aliphatic rings. The van der Waals surface area contributed by atoms with Crippen LogP contribution in [0, 0.1) is 0 Å². The van der Waals surface area contributed by atoms with E-state index in [1.54, 1.807) is 18.2 Å². The fourth-order valence-electron chi connectivity index (χ4n) is 2.86. The molecule has 25 heavy (non-hydrogen) atoms. The van der Waals surface area contributed by atoms with E-state index in [0.717, 1.165) is 32.5 Å². The molecule has 2 N–H and O–H groups in total. The SMILES string of the molecule is CCN(CC)CCCC(C)N/C=C1/C(=O)Nc2cc(Cl)ccc2C1=O. The lowest BCUT2D eigenvalue weighted by atomic mass is 9.97. The number of hydrogen-bond donors (Lipinski definition) is 2. The molecule has 136 valence electrons. The first-order valence-electron chi connectivity index (χ1n) is 8.80. The van der Waals surface area contributed by atoms with Gasteiger partial charge in [0.05, 0.1) is 5.69 Å². The van der Waals surface area contributed by atoms with E-state index in [1.165, 1.54) is 6.20 Å². The summed E-state index contributed by atoms with van der Waals surface area (Å²) >= 11 is 5.91. The smallest absolute Gasteiger partial charge is 0.261 e. The molecule has 1 unspecified atom stereocenters.